The van der Waals surface area contributed by atoms with Crippen LogP contribution in [-0.4, -0.2) is 74.1 Å². The first-order chi connectivity index (χ1) is 16.7. The van der Waals surface area contributed by atoms with Gasteiger partial charge in [-0.15, -0.1) is 0 Å². The third kappa shape index (κ3) is 7.40. The number of hydrogen-bond acceptors (Lipinski definition) is 5. The predicted molar refractivity (Wildman–Crippen MR) is 143 cm³/mol. The van der Waals surface area contributed by atoms with E-state index in [0.717, 1.165) is 31.8 Å². The Labute approximate surface area is 215 Å². The average Bonchev–Trinajstić information content (AvgIpc) is 2.78. The molecule has 0 amide bonds. The van der Waals surface area contributed by atoms with Crippen molar-refractivity contribution in [3.8, 4) is 0 Å². The molecule has 204 valence electrons. The number of halogens is 3. The van der Waals surface area contributed by atoms with Crippen LogP contribution in [-0.2, 0) is 5.60 Å². The second kappa shape index (κ2) is 11.9. The molecule has 0 bridgehead atoms. The Balaban J connectivity index is 2.02. The molecule has 0 radical (unpaired) electrons. The van der Waals surface area contributed by atoms with Gasteiger partial charge in [-0.3, -0.25) is 0 Å². The van der Waals surface area contributed by atoms with Crippen LogP contribution < -0.4 is 4.90 Å². The van der Waals surface area contributed by atoms with Gasteiger partial charge in [0.25, 0.3) is 0 Å². The van der Waals surface area contributed by atoms with Gasteiger partial charge < -0.3 is 24.8 Å². The first kappa shape index (κ1) is 30.0. The molecule has 36 heavy (non-hydrogen) atoms. The molecule has 0 aliphatic carbocycles. The topological polar surface area (TPSA) is 42.3 Å². The third-order valence-electron chi connectivity index (χ3n) is 7.61. The minimum Gasteiger partial charge on any atom is -0.384 e. The normalized spacial score (nSPS) is 18.9. The van der Waals surface area contributed by atoms with Crippen molar-refractivity contribution >= 4 is 11.9 Å². The molecule has 0 saturated carbocycles. The van der Waals surface area contributed by atoms with Gasteiger partial charge in [0.1, 0.15) is 5.60 Å². The fraction of sp³-hybridized carbons (Fsp3) is 0.679. The lowest BCUT2D eigenvalue weighted by Gasteiger charge is -2.54. The lowest BCUT2D eigenvalue weighted by Crippen LogP contribution is -2.58. The van der Waals surface area contributed by atoms with Gasteiger partial charge in [-0.1, -0.05) is 39.5 Å². The first-order valence-corrected chi connectivity index (χ1v) is 12.9. The SMILES string of the molecule is C=C(N1CC(CC)(CC(C)C=NC)C1)N(CC)CC(C)(O)c1ccc(N(C)CC(C)C(F)(F)F)cc1. The summed E-state index contributed by atoms with van der Waals surface area (Å²) in [6, 6.07) is 7.12. The number of hydrogen-bond donors (Lipinski definition) is 1. The number of alkyl halides is 3. The summed E-state index contributed by atoms with van der Waals surface area (Å²) in [6.07, 6.45) is -0.00835. The van der Waals surface area contributed by atoms with Gasteiger partial charge in [-0.05, 0) is 50.3 Å². The highest BCUT2D eigenvalue weighted by atomic mass is 19.4. The zero-order valence-corrected chi connectivity index (χ0v) is 23.1. The molecular weight excluding hydrogens is 465 g/mol. The zero-order valence-electron chi connectivity index (χ0n) is 23.1. The summed E-state index contributed by atoms with van der Waals surface area (Å²) in [5, 5.41) is 11.3. The van der Waals surface area contributed by atoms with Crippen molar-refractivity contribution in [1.82, 2.24) is 9.80 Å². The molecule has 3 atom stereocenters. The van der Waals surface area contributed by atoms with Gasteiger partial charge in [0.15, 0.2) is 0 Å². The van der Waals surface area contributed by atoms with E-state index in [9.17, 15) is 18.3 Å². The van der Waals surface area contributed by atoms with E-state index in [-0.39, 0.29) is 12.0 Å². The van der Waals surface area contributed by atoms with Crippen molar-refractivity contribution < 1.29 is 18.3 Å². The largest absolute Gasteiger partial charge is 0.393 e. The van der Waals surface area contributed by atoms with Crippen LogP contribution in [0.25, 0.3) is 0 Å². The first-order valence-electron chi connectivity index (χ1n) is 12.9. The molecule has 1 aromatic rings. The summed E-state index contributed by atoms with van der Waals surface area (Å²) in [7, 11) is 3.46. The van der Waals surface area contributed by atoms with Gasteiger partial charge in [0.2, 0.25) is 0 Å². The molecule has 2 rings (SSSR count). The molecule has 1 aliphatic rings. The summed E-state index contributed by atoms with van der Waals surface area (Å²) in [5.41, 5.74) is 0.514. The van der Waals surface area contributed by atoms with Crippen LogP contribution in [0.3, 0.4) is 0 Å². The van der Waals surface area contributed by atoms with E-state index < -0.39 is 17.7 Å². The van der Waals surface area contributed by atoms with E-state index in [1.165, 1.54) is 6.92 Å². The van der Waals surface area contributed by atoms with Crippen LogP contribution in [0.1, 0.15) is 53.0 Å². The van der Waals surface area contributed by atoms with Gasteiger partial charge >= 0.3 is 6.18 Å². The molecule has 1 fully saturated rings. The van der Waals surface area contributed by atoms with Crippen molar-refractivity contribution in [2.45, 2.75) is 59.2 Å². The number of anilines is 1. The summed E-state index contributed by atoms with van der Waals surface area (Å²) in [6.45, 7) is 16.6. The Morgan fingerprint density at radius 2 is 1.81 bits per heavy atom. The van der Waals surface area contributed by atoms with Crippen molar-refractivity contribution in [1.29, 1.82) is 0 Å². The van der Waals surface area contributed by atoms with Crippen LogP contribution >= 0.6 is 0 Å². The number of rotatable bonds is 13. The molecule has 8 heteroatoms. The molecule has 0 aromatic heterocycles. The molecule has 1 heterocycles. The van der Waals surface area contributed by atoms with Crippen molar-refractivity contribution in [2.75, 3.05) is 51.7 Å². The maximum absolute atomic E-state index is 12.9. The van der Waals surface area contributed by atoms with E-state index in [1.54, 1.807) is 43.1 Å². The second-order valence-electron chi connectivity index (χ2n) is 10.9. The summed E-state index contributed by atoms with van der Waals surface area (Å²) >= 11 is 0. The van der Waals surface area contributed by atoms with Gasteiger partial charge in [0.05, 0.1) is 18.3 Å². The smallest absolute Gasteiger partial charge is 0.384 e. The Morgan fingerprint density at radius 1 is 1.22 bits per heavy atom. The third-order valence-corrected chi connectivity index (χ3v) is 7.61. The minimum atomic E-state index is -4.22. The lowest BCUT2D eigenvalue weighted by molar-refractivity contribution is -0.166. The number of aliphatic imine (C=N–C) groups is 1. The van der Waals surface area contributed by atoms with E-state index in [4.69, 9.17) is 0 Å². The summed E-state index contributed by atoms with van der Waals surface area (Å²) < 4.78 is 38.8. The number of likely N-dealkylation sites (N-methyl/N-ethyl adjacent to an activating group) is 1. The Kier molecular flexibility index (Phi) is 9.91. The van der Waals surface area contributed by atoms with Crippen LogP contribution in [0.4, 0.5) is 18.9 Å². The molecule has 1 aliphatic heterocycles. The highest BCUT2D eigenvalue weighted by Crippen LogP contribution is 2.42. The standard InChI is InChI=1S/C28H45F3N4O/c1-9-27(15-21(3)16-32-7)19-35(20-27)23(5)34(10-2)18-26(6,36)24-11-13-25(14-12-24)33(8)17-22(4)28(29,30)31/h11-14,16,21-22,36H,5,9-10,15,17-20H2,1-4,6-8H3. The van der Waals surface area contributed by atoms with E-state index in [1.807, 2.05) is 20.2 Å². The van der Waals surface area contributed by atoms with Crippen molar-refractivity contribution in [3.63, 3.8) is 0 Å². The molecule has 5 nitrogen and oxygen atoms in total. The molecule has 0 spiro atoms. The van der Waals surface area contributed by atoms with E-state index in [2.05, 4.69) is 35.2 Å². The second-order valence-corrected chi connectivity index (χ2v) is 10.9. The Hall–Kier alpha value is -2.22. The lowest BCUT2D eigenvalue weighted by atomic mass is 9.71. The Bertz CT molecular complexity index is 876. The predicted octanol–water partition coefficient (Wildman–Crippen LogP) is 5.76. The summed E-state index contributed by atoms with van der Waals surface area (Å²) in [4.78, 5) is 10.2. The van der Waals surface area contributed by atoms with Gasteiger partial charge in [-0.25, -0.2) is 0 Å². The molecular formula is C28H45F3N4O. The molecule has 1 saturated heterocycles. The monoisotopic (exact) mass is 510 g/mol. The van der Waals surface area contributed by atoms with Crippen LogP contribution in [0.15, 0.2) is 41.7 Å². The highest BCUT2D eigenvalue weighted by molar-refractivity contribution is 5.60. The molecule has 3 unspecified atom stereocenters. The molecule has 1 aromatic carbocycles. The minimum absolute atomic E-state index is 0.123. The van der Waals surface area contributed by atoms with Crippen LogP contribution in [0, 0.1) is 17.3 Å². The average molecular weight is 511 g/mol. The quantitative estimate of drug-likeness (QED) is 0.343. The number of nitrogens with zero attached hydrogens (tertiary/aromatic N) is 4. The highest BCUT2D eigenvalue weighted by Gasteiger charge is 2.43. The van der Waals surface area contributed by atoms with Crippen LogP contribution in [0.2, 0.25) is 0 Å². The Morgan fingerprint density at radius 3 is 2.28 bits per heavy atom. The molecule has 1 N–H and O–H groups in total. The maximum Gasteiger partial charge on any atom is 0.393 e. The summed E-state index contributed by atoms with van der Waals surface area (Å²) in [5.74, 6) is -0.0754. The van der Waals surface area contributed by atoms with E-state index >= 15 is 0 Å². The van der Waals surface area contributed by atoms with Crippen molar-refractivity contribution in [2.24, 2.45) is 22.2 Å². The maximum atomic E-state index is 12.9. The number of benzene rings is 1. The van der Waals surface area contributed by atoms with Crippen molar-refractivity contribution in [3.05, 3.63) is 42.2 Å². The number of aliphatic hydroxyl groups is 1. The van der Waals surface area contributed by atoms with Gasteiger partial charge in [0, 0.05) is 57.6 Å². The fourth-order valence-corrected chi connectivity index (χ4v) is 5.18. The fourth-order valence-electron chi connectivity index (χ4n) is 5.18. The number of likely N-dealkylation sites (tertiary alicyclic amines) is 1. The van der Waals surface area contributed by atoms with Gasteiger partial charge in [-0.2, -0.15) is 13.2 Å². The van der Waals surface area contributed by atoms with E-state index in [0.29, 0.717) is 30.3 Å². The van der Waals surface area contributed by atoms with Crippen LogP contribution in [0.5, 0.6) is 0 Å². The zero-order chi connectivity index (χ0) is 27.3.